The van der Waals surface area contributed by atoms with Crippen molar-refractivity contribution < 1.29 is 9.18 Å². The van der Waals surface area contributed by atoms with Gasteiger partial charge >= 0.3 is 0 Å². The highest BCUT2D eigenvalue weighted by molar-refractivity contribution is 5.79. The van der Waals surface area contributed by atoms with Crippen molar-refractivity contribution in [1.82, 2.24) is 10.2 Å². The van der Waals surface area contributed by atoms with E-state index in [4.69, 9.17) is 0 Å². The van der Waals surface area contributed by atoms with Crippen molar-refractivity contribution in [3.8, 4) is 0 Å². The molecular weight excluding hydrogens is 243 g/mol. The maximum atomic E-state index is 13.1. The van der Waals surface area contributed by atoms with E-state index in [1.165, 1.54) is 12.1 Å². The molecule has 0 spiro atoms. The van der Waals surface area contributed by atoms with Gasteiger partial charge in [0.2, 0.25) is 5.91 Å². The molecule has 2 heterocycles. The van der Waals surface area contributed by atoms with Crippen LogP contribution in [0.4, 0.5) is 4.39 Å². The van der Waals surface area contributed by atoms with E-state index in [0.717, 1.165) is 25.2 Å². The zero-order valence-electron chi connectivity index (χ0n) is 11.1. The van der Waals surface area contributed by atoms with Gasteiger partial charge in [0.05, 0.1) is 6.42 Å². The van der Waals surface area contributed by atoms with Crippen LogP contribution in [0.15, 0.2) is 24.3 Å². The number of halogens is 1. The van der Waals surface area contributed by atoms with E-state index in [0.29, 0.717) is 24.3 Å². The lowest BCUT2D eigenvalue weighted by atomic mass is 9.95. The molecule has 3 nitrogen and oxygen atoms in total. The van der Waals surface area contributed by atoms with Gasteiger partial charge in [0, 0.05) is 25.7 Å². The normalized spacial score (nSPS) is 29.6. The van der Waals surface area contributed by atoms with E-state index < -0.39 is 0 Å². The van der Waals surface area contributed by atoms with Gasteiger partial charge in [-0.3, -0.25) is 4.79 Å². The van der Waals surface area contributed by atoms with E-state index >= 15 is 0 Å². The summed E-state index contributed by atoms with van der Waals surface area (Å²) in [7, 11) is 0. The molecule has 2 saturated heterocycles. The van der Waals surface area contributed by atoms with Crippen LogP contribution in [0.2, 0.25) is 0 Å². The highest BCUT2D eigenvalue weighted by Gasteiger charge is 2.43. The molecule has 0 aromatic heterocycles. The van der Waals surface area contributed by atoms with Crippen LogP contribution in [0.25, 0.3) is 0 Å². The average molecular weight is 262 g/mol. The number of nitrogens with zero attached hydrogens (tertiary/aromatic N) is 1. The predicted molar refractivity (Wildman–Crippen MR) is 71.1 cm³/mol. The Bertz CT molecular complexity index is 491. The van der Waals surface area contributed by atoms with Crippen LogP contribution < -0.4 is 5.32 Å². The van der Waals surface area contributed by atoms with Crippen LogP contribution in [-0.4, -0.2) is 36.5 Å². The van der Waals surface area contributed by atoms with Crippen molar-refractivity contribution in [3.63, 3.8) is 0 Å². The van der Waals surface area contributed by atoms with Gasteiger partial charge in [0.25, 0.3) is 0 Å². The summed E-state index contributed by atoms with van der Waals surface area (Å²) < 4.78 is 13.1. The number of carbonyl (C=O) groups is 1. The first-order chi connectivity index (χ1) is 9.15. The second kappa shape index (κ2) is 4.93. The summed E-state index contributed by atoms with van der Waals surface area (Å²) in [6.07, 6.45) is 0.301. The summed E-state index contributed by atoms with van der Waals surface area (Å²) in [6.45, 7) is 4.99. The van der Waals surface area contributed by atoms with E-state index in [1.54, 1.807) is 6.07 Å². The summed E-state index contributed by atoms with van der Waals surface area (Å²) in [4.78, 5) is 14.3. The Balaban J connectivity index is 1.68. The zero-order valence-corrected chi connectivity index (χ0v) is 11.1. The van der Waals surface area contributed by atoms with Crippen molar-refractivity contribution in [2.24, 2.45) is 11.8 Å². The number of likely N-dealkylation sites (tertiary alicyclic amines) is 1. The second-order valence-electron chi connectivity index (χ2n) is 5.68. The predicted octanol–water partition coefficient (Wildman–Crippen LogP) is 1.43. The van der Waals surface area contributed by atoms with Crippen molar-refractivity contribution in [1.29, 1.82) is 0 Å². The van der Waals surface area contributed by atoms with E-state index in [2.05, 4.69) is 12.2 Å². The maximum Gasteiger partial charge on any atom is 0.227 e. The van der Waals surface area contributed by atoms with Crippen LogP contribution in [0.1, 0.15) is 12.5 Å². The van der Waals surface area contributed by atoms with Crippen molar-refractivity contribution >= 4 is 5.91 Å². The second-order valence-corrected chi connectivity index (χ2v) is 5.68. The van der Waals surface area contributed by atoms with E-state index in [9.17, 15) is 9.18 Å². The van der Waals surface area contributed by atoms with Crippen LogP contribution in [0.3, 0.4) is 0 Å². The van der Waals surface area contributed by atoms with Crippen LogP contribution in [0.5, 0.6) is 0 Å². The van der Waals surface area contributed by atoms with Gasteiger partial charge < -0.3 is 10.2 Å². The first-order valence-corrected chi connectivity index (χ1v) is 6.90. The molecule has 1 aromatic rings. The average Bonchev–Trinajstić information content (AvgIpc) is 2.93. The molecule has 0 aliphatic carbocycles. The number of fused-ring (bicyclic) bond motifs is 1. The summed E-state index contributed by atoms with van der Waals surface area (Å²) in [5, 5.41) is 3.38. The molecule has 1 N–H and O–H groups in total. The number of hydrogen-bond donors (Lipinski definition) is 1. The molecule has 102 valence electrons. The number of hydrogen-bond acceptors (Lipinski definition) is 2. The number of amides is 1. The van der Waals surface area contributed by atoms with E-state index in [-0.39, 0.29) is 11.7 Å². The minimum atomic E-state index is -0.277. The van der Waals surface area contributed by atoms with Crippen LogP contribution in [-0.2, 0) is 11.2 Å². The van der Waals surface area contributed by atoms with Crippen molar-refractivity contribution in [3.05, 3.63) is 35.6 Å². The standard InChI is InChI=1S/C15H19FN2O/c1-10-14-8-17-7-12(14)9-18(10)15(19)6-11-3-2-4-13(16)5-11/h2-5,10,12,14,17H,6-9H2,1H3. The lowest BCUT2D eigenvalue weighted by Crippen LogP contribution is -2.38. The third-order valence-corrected chi connectivity index (χ3v) is 4.50. The Morgan fingerprint density at radius 1 is 1.47 bits per heavy atom. The Hall–Kier alpha value is -1.42. The highest BCUT2D eigenvalue weighted by Crippen LogP contribution is 2.32. The molecule has 1 amide bonds. The van der Waals surface area contributed by atoms with Gasteiger partial charge in [-0.05, 0) is 36.5 Å². The van der Waals surface area contributed by atoms with Gasteiger partial charge in [-0.1, -0.05) is 12.1 Å². The number of rotatable bonds is 2. The van der Waals surface area contributed by atoms with Gasteiger partial charge in [0.1, 0.15) is 5.82 Å². The highest BCUT2D eigenvalue weighted by atomic mass is 19.1. The largest absolute Gasteiger partial charge is 0.339 e. The van der Waals surface area contributed by atoms with Crippen molar-refractivity contribution in [2.45, 2.75) is 19.4 Å². The third-order valence-electron chi connectivity index (χ3n) is 4.50. The maximum absolute atomic E-state index is 13.1. The van der Waals surface area contributed by atoms with Crippen molar-refractivity contribution in [2.75, 3.05) is 19.6 Å². The molecule has 2 aliphatic rings. The molecule has 3 atom stereocenters. The molecule has 2 fully saturated rings. The van der Waals surface area contributed by atoms with Gasteiger partial charge in [-0.25, -0.2) is 4.39 Å². The number of nitrogens with one attached hydrogen (secondary N) is 1. The third kappa shape index (κ3) is 2.37. The van der Waals surface area contributed by atoms with E-state index in [1.807, 2.05) is 11.0 Å². The topological polar surface area (TPSA) is 32.3 Å². The molecule has 3 rings (SSSR count). The molecular formula is C15H19FN2O. The Morgan fingerprint density at radius 2 is 2.32 bits per heavy atom. The molecule has 4 heteroatoms. The summed E-state index contributed by atoms with van der Waals surface area (Å²) in [5.41, 5.74) is 0.757. The molecule has 2 aliphatic heterocycles. The summed E-state index contributed by atoms with van der Waals surface area (Å²) >= 11 is 0. The zero-order chi connectivity index (χ0) is 13.4. The van der Waals surface area contributed by atoms with Gasteiger partial charge in [-0.2, -0.15) is 0 Å². The molecule has 19 heavy (non-hydrogen) atoms. The molecule has 0 bridgehead atoms. The Morgan fingerprint density at radius 3 is 3.05 bits per heavy atom. The number of benzene rings is 1. The van der Waals surface area contributed by atoms with Crippen LogP contribution in [0, 0.1) is 17.7 Å². The lowest BCUT2D eigenvalue weighted by Gasteiger charge is -2.24. The minimum Gasteiger partial charge on any atom is -0.339 e. The molecule has 3 unspecified atom stereocenters. The fourth-order valence-corrected chi connectivity index (χ4v) is 3.42. The molecule has 1 aromatic carbocycles. The number of carbonyl (C=O) groups excluding carboxylic acids is 1. The minimum absolute atomic E-state index is 0.118. The smallest absolute Gasteiger partial charge is 0.227 e. The quantitative estimate of drug-likeness (QED) is 0.874. The monoisotopic (exact) mass is 262 g/mol. The van der Waals surface area contributed by atoms with Crippen LogP contribution >= 0.6 is 0 Å². The van der Waals surface area contributed by atoms with Gasteiger partial charge in [0.15, 0.2) is 0 Å². The fourth-order valence-electron chi connectivity index (χ4n) is 3.42. The summed E-state index contributed by atoms with van der Waals surface area (Å²) in [5.74, 6) is 1.01. The fraction of sp³-hybridized carbons (Fsp3) is 0.533. The first-order valence-electron chi connectivity index (χ1n) is 6.90. The molecule has 0 radical (unpaired) electrons. The first kappa shape index (κ1) is 12.6. The molecule has 0 saturated carbocycles. The Labute approximate surface area is 112 Å². The Kier molecular flexibility index (Phi) is 3.27. The summed E-state index contributed by atoms with van der Waals surface area (Å²) in [6, 6.07) is 6.61. The lowest BCUT2D eigenvalue weighted by molar-refractivity contribution is -0.131. The van der Waals surface area contributed by atoms with Gasteiger partial charge in [-0.15, -0.1) is 0 Å². The SMILES string of the molecule is CC1C2CNCC2CN1C(=O)Cc1cccc(F)c1.